The van der Waals surface area contributed by atoms with Gasteiger partial charge in [-0.15, -0.1) is 0 Å². The van der Waals surface area contributed by atoms with Gasteiger partial charge in [-0.05, 0) is 49.6 Å². The van der Waals surface area contributed by atoms with E-state index < -0.39 is 0 Å². The fraction of sp³-hybridized carbons (Fsp3) is 0.471. The molecule has 2 bridgehead atoms. The molecule has 3 heterocycles. The first kappa shape index (κ1) is 14.7. The van der Waals surface area contributed by atoms with Gasteiger partial charge in [-0.1, -0.05) is 29.5 Å². The highest BCUT2D eigenvalue weighted by molar-refractivity contribution is 8.02. The van der Waals surface area contributed by atoms with Crippen molar-refractivity contribution in [3.63, 3.8) is 0 Å². The second kappa shape index (κ2) is 6.67. The molecular formula is C17H22N2OS. The monoisotopic (exact) mass is 302 g/mol. The van der Waals surface area contributed by atoms with Gasteiger partial charge >= 0.3 is 0 Å². The summed E-state index contributed by atoms with van der Waals surface area (Å²) in [5.41, 5.74) is 1.25. The third-order valence-corrected chi connectivity index (χ3v) is 5.22. The molecule has 1 amide bonds. The number of fused-ring (bicyclic) bond motifs is 3. The molecule has 3 aliphatic heterocycles. The molecule has 1 aromatic rings. The van der Waals surface area contributed by atoms with E-state index in [0.717, 1.165) is 30.3 Å². The van der Waals surface area contributed by atoms with Crippen LogP contribution in [0.4, 0.5) is 0 Å². The number of hydrogen-bond acceptors (Lipinski definition) is 3. The lowest BCUT2D eigenvalue weighted by Gasteiger charge is -2.45. The molecule has 0 spiro atoms. The SMILES string of the molecule is Cc1ccc(SC=CC(=O)N[C@H]2CC3CCN2CC3)cc1. The van der Waals surface area contributed by atoms with Crippen LogP contribution in [0.25, 0.3) is 0 Å². The number of nitrogens with one attached hydrogen (secondary N) is 1. The summed E-state index contributed by atoms with van der Waals surface area (Å²) in [5, 5.41) is 5.00. The largest absolute Gasteiger partial charge is 0.337 e. The fourth-order valence-electron chi connectivity index (χ4n) is 3.12. The molecule has 0 saturated carbocycles. The molecule has 1 atom stereocenters. The minimum Gasteiger partial charge on any atom is -0.337 e. The van der Waals surface area contributed by atoms with Crippen LogP contribution in [0.1, 0.15) is 24.8 Å². The van der Waals surface area contributed by atoms with Gasteiger partial charge in [-0.3, -0.25) is 9.69 Å². The predicted molar refractivity (Wildman–Crippen MR) is 87.0 cm³/mol. The summed E-state index contributed by atoms with van der Waals surface area (Å²) >= 11 is 1.58. The summed E-state index contributed by atoms with van der Waals surface area (Å²) < 4.78 is 0. The first-order valence-corrected chi connectivity index (χ1v) is 8.53. The molecule has 3 saturated heterocycles. The second-order valence-electron chi connectivity index (χ2n) is 5.97. The van der Waals surface area contributed by atoms with E-state index in [1.54, 1.807) is 17.8 Å². The number of aryl methyl sites for hydroxylation is 1. The maximum Gasteiger partial charge on any atom is 0.245 e. The van der Waals surface area contributed by atoms with Crippen LogP contribution in [0, 0.1) is 12.8 Å². The Balaban J connectivity index is 1.47. The van der Waals surface area contributed by atoms with Crippen molar-refractivity contribution in [2.45, 2.75) is 37.2 Å². The number of carbonyl (C=O) groups is 1. The van der Waals surface area contributed by atoms with Crippen molar-refractivity contribution in [2.75, 3.05) is 13.1 Å². The van der Waals surface area contributed by atoms with Crippen molar-refractivity contribution < 1.29 is 4.79 Å². The number of amides is 1. The Labute approximate surface area is 130 Å². The lowest BCUT2D eigenvalue weighted by molar-refractivity contribution is -0.119. The van der Waals surface area contributed by atoms with Crippen LogP contribution in [0.3, 0.4) is 0 Å². The van der Waals surface area contributed by atoms with Crippen LogP contribution < -0.4 is 5.32 Å². The first-order chi connectivity index (χ1) is 10.2. The van der Waals surface area contributed by atoms with Crippen LogP contribution in [0.2, 0.25) is 0 Å². The Hall–Kier alpha value is -1.26. The maximum absolute atomic E-state index is 12.0. The molecule has 0 aromatic heterocycles. The molecule has 1 aromatic carbocycles. The summed E-state index contributed by atoms with van der Waals surface area (Å²) in [4.78, 5) is 15.6. The van der Waals surface area contributed by atoms with E-state index in [-0.39, 0.29) is 12.1 Å². The highest BCUT2D eigenvalue weighted by atomic mass is 32.2. The van der Waals surface area contributed by atoms with Crippen LogP contribution in [0.5, 0.6) is 0 Å². The molecule has 0 radical (unpaired) electrons. The number of rotatable bonds is 4. The third-order valence-electron chi connectivity index (χ3n) is 4.40. The minimum atomic E-state index is 0.0205. The molecule has 4 rings (SSSR count). The Kier molecular flexibility index (Phi) is 4.66. The summed E-state index contributed by atoms with van der Waals surface area (Å²) in [6.07, 6.45) is 5.61. The zero-order chi connectivity index (χ0) is 14.7. The van der Waals surface area contributed by atoms with Gasteiger partial charge in [-0.2, -0.15) is 0 Å². The van der Waals surface area contributed by atoms with Crippen molar-refractivity contribution >= 4 is 17.7 Å². The highest BCUT2D eigenvalue weighted by Gasteiger charge is 2.33. The Morgan fingerprint density at radius 1 is 1.29 bits per heavy atom. The smallest absolute Gasteiger partial charge is 0.245 e. The fourth-order valence-corrected chi connectivity index (χ4v) is 3.76. The number of carbonyl (C=O) groups excluding carboxylic acids is 1. The Morgan fingerprint density at radius 3 is 2.62 bits per heavy atom. The van der Waals surface area contributed by atoms with Gasteiger partial charge in [0.1, 0.15) is 0 Å². The molecular weight excluding hydrogens is 280 g/mol. The van der Waals surface area contributed by atoms with Crippen molar-refractivity contribution in [1.82, 2.24) is 10.2 Å². The molecule has 3 nitrogen and oxygen atoms in total. The van der Waals surface area contributed by atoms with Crippen molar-refractivity contribution in [2.24, 2.45) is 5.92 Å². The van der Waals surface area contributed by atoms with Gasteiger partial charge in [0.2, 0.25) is 5.91 Å². The van der Waals surface area contributed by atoms with E-state index in [4.69, 9.17) is 0 Å². The number of thioether (sulfide) groups is 1. The third kappa shape index (κ3) is 3.89. The van der Waals surface area contributed by atoms with E-state index in [1.165, 1.54) is 18.4 Å². The number of hydrogen-bond donors (Lipinski definition) is 1. The van der Waals surface area contributed by atoms with Gasteiger partial charge in [0.05, 0.1) is 6.17 Å². The van der Waals surface area contributed by atoms with E-state index in [9.17, 15) is 4.79 Å². The molecule has 21 heavy (non-hydrogen) atoms. The van der Waals surface area contributed by atoms with Gasteiger partial charge in [0, 0.05) is 24.1 Å². The van der Waals surface area contributed by atoms with Crippen LogP contribution >= 0.6 is 11.8 Å². The lowest BCUT2D eigenvalue weighted by Crippen LogP contribution is -2.56. The van der Waals surface area contributed by atoms with Crippen LogP contribution in [-0.2, 0) is 4.79 Å². The lowest BCUT2D eigenvalue weighted by atomic mass is 9.86. The summed E-state index contributed by atoms with van der Waals surface area (Å²) in [5.74, 6) is 0.832. The Morgan fingerprint density at radius 2 is 2.00 bits per heavy atom. The molecule has 3 fully saturated rings. The van der Waals surface area contributed by atoms with Gasteiger partial charge in [0.25, 0.3) is 0 Å². The van der Waals surface area contributed by atoms with E-state index >= 15 is 0 Å². The molecule has 1 N–H and O–H groups in total. The quantitative estimate of drug-likeness (QED) is 0.685. The first-order valence-electron chi connectivity index (χ1n) is 7.65. The van der Waals surface area contributed by atoms with E-state index in [0.29, 0.717) is 0 Å². The topological polar surface area (TPSA) is 32.3 Å². The minimum absolute atomic E-state index is 0.0205. The standard InChI is InChI=1S/C17H22N2OS/c1-13-2-4-15(5-3-13)21-11-8-17(20)18-16-12-14-6-9-19(16)10-7-14/h2-5,8,11,14,16H,6-7,9-10,12H2,1H3,(H,18,20)/t16-/m1/s1. The molecule has 4 heteroatoms. The average Bonchev–Trinajstić information content (AvgIpc) is 2.50. The van der Waals surface area contributed by atoms with Crippen molar-refractivity contribution in [1.29, 1.82) is 0 Å². The number of benzene rings is 1. The van der Waals surface area contributed by atoms with Gasteiger partial charge in [0.15, 0.2) is 0 Å². The van der Waals surface area contributed by atoms with E-state index in [2.05, 4.69) is 41.4 Å². The van der Waals surface area contributed by atoms with Gasteiger partial charge in [-0.25, -0.2) is 0 Å². The molecule has 112 valence electrons. The molecule has 3 aliphatic rings. The number of piperidine rings is 3. The zero-order valence-corrected chi connectivity index (χ0v) is 13.2. The summed E-state index contributed by atoms with van der Waals surface area (Å²) in [7, 11) is 0. The number of nitrogens with zero attached hydrogens (tertiary/aromatic N) is 1. The maximum atomic E-state index is 12.0. The highest BCUT2D eigenvalue weighted by Crippen LogP contribution is 2.30. The average molecular weight is 302 g/mol. The summed E-state index contributed by atoms with van der Waals surface area (Å²) in [6.45, 7) is 4.35. The van der Waals surface area contributed by atoms with Crippen LogP contribution in [-0.4, -0.2) is 30.1 Å². The van der Waals surface area contributed by atoms with E-state index in [1.807, 2.05) is 5.41 Å². The molecule has 0 aliphatic carbocycles. The van der Waals surface area contributed by atoms with Crippen molar-refractivity contribution in [3.05, 3.63) is 41.3 Å². The molecule has 0 unspecified atom stereocenters. The summed E-state index contributed by atoms with van der Waals surface area (Å²) in [6, 6.07) is 8.33. The normalized spacial score (nSPS) is 28.0. The van der Waals surface area contributed by atoms with Crippen molar-refractivity contribution in [3.8, 4) is 0 Å². The van der Waals surface area contributed by atoms with Gasteiger partial charge < -0.3 is 5.32 Å². The van der Waals surface area contributed by atoms with Crippen LogP contribution in [0.15, 0.2) is 40.6 Å². The predicted octanol–water partition coefficient (Wildman–Crippen LogP) is 3.16. The second-order valence-corrected chi connectivity index (χ2v) is 6.95. The zero-order valence-electron chi connectivity index (χ0n) is 12.4. The Bertz CT molecular complexity index is 518.